The molecule has 0 bridgehead atoms. The molecule has 0 aromatic heterocycles. The van der Waals surface area contributed by atoms with Gasteiger partial charge in [0.05, 0.1) is 12.2 Å². The number of benzene rings is 1. The van der Waals surface area contributed by atoms with Gasteiger partial charge in [-0.25, -0.2) is 4.79 Å². The molecule has 10 nitrogen and oxygen atoms in total. The molecule has 1 aromatic rings. The number of nitrogens with zero attached hydrogens (tertiary/aromatic N) is 1. The largest absolute Gasteiger partial charge is 0.461 e. The number of rotatable bonds is 9. The lowest BCUT2D eigenvalue weighted by molar-refractivity contribution is -0.286. The van der Waals surface area contributed by atoms with Crippen molar-refractivity contribution in [1.82, 2.24) is 4.90 Å². The quantitative estimate of drug-likeness (QED) is 0.215. The van der Waals surface area contributed by atoms with Crippen molar-refractivity contribution in [1.29, 1.82) is 0 Å². The fourth-order valence-electron chi connectivity index (χ4n) is 2.62. The molecule has 0 saturated carbocycles. The second-order valence-electron chi connectivity index (χ2n) is 7.52. The number of aliphatic hydroxyl groups excluding tert-OH is 5. The van der Waals surface area contributed by atoms with E-state index in [1.807, 2.05) is 31.1 Å². The maximum Gasteiger partial charge on any atom is 0.338 e. The number of hydrogen-bond acceptors (Lipinski definition) is 10. The fraction of sp³-hybridized carbons (Fsp3) is 0.667. The number of aliphatic hydroxyl groups is 5. The van der Waals surface area contributed by atoms with Crippen LogP contribution >= 0.6 is 0 Å². The zero-order chi connectivity index (χ0) is 23.4. The molecular formula is C21H36N2O8. The normalized spacial score (nSPS) is 25.5. The number of esters is 1. The smallest absolute Gasteiger partial charge is 0.338 e. The highest BCUT2D eigenvalue weighted by Gasteiger charge is 2.42. The highest BCUT2D eigenvalue weighted by molar-refractivity contribution is 5.89. The van der Waals surface area contributed by atoms with Gasteiger partial charge < -0.3 is 45.2 Å². The average Bonchev–Trinajstić information content (AvgIpc) is 2.75. The van der Waals surface area contributed by atoms with Crippen molar-refractivity contribution in [2.45, 2.75) is 50.5 Å². The second kappa shape index (κ2) is 14.3. The molecule has 1 aliphatic rings. The van der Waals surface area contributed by atoms with E-state index in [1.165, 1.54) is 6.42 Å². The Morgan fingerprint density at radius 3 is 2.29 bits per heavy atom. The summed E-state index contributed by atoms with van der Waals surface area (Å²) in [7, 11) is 3.90. The van der Waals surface area contributed by atoms with Gasteiger partial charge in [-0.3, -0.25) is 0 Å². The van der Waals surface area contributed by atoms with E-state index in [1.54, 1.807) is 12.1 Å². The van der Waals surface area contributed by atoms with Gasteiger partial charge in [-0.15, -0.1) is 0 Å². The number of unbranched alkanes of at least 4 members (excludes halogenated alkanes) is 1. The summed E-state index contributed by atoms with van der Waals surface area (Å²) in [6.07, 6.45) is -4.72. The molecule has 5 atom stereocenters. The monoisotopic (exact) mass is 444 g/mol. The third-order valence-corrected chi connectivity index (χ3v) is 4.62. The maximum atomic E-state index is 11.7. The molecule has 178 valence electrons. The van der Waals surface area contributed by atoms with E-state index in [9.17, 15) is 4.79 Å². The molecule has 1 heterocycles. The van der Waals surface area contributed by atoms with Crippen LogP contribution in [0.15, 0.2) is 24.3 Å². The Balaban J connectivity index is 0.000000343. The molecule has 10 heteroatoms. The van der Waals surface area contributed by atoms with Crippen LogP contribution in [0.4, 0.5) is 5.69 Å². The summed E-state index contributed by atoms with van der Waals surface area (Å²) in [5, 5.41) is 48.0. The molecule has 6 N–H and O–H groups in total. The Hall–Kier alpha value is -1.79. The highest BCUT2D eigenvalue weighted by atomic mass is 16.6. The standard InChI is InChI=1S/C15H24N2O2.C6H12O6/c1-4-5-10-16-14-8-6-13(7-9-14)15(18)19-12-11-17(2)3;7-1-2-3(8)4(9)5(10)6(11)12-2/h6-9,16H,4-5,10-12H2,1-3H3;2-11H,1H2/t;2-,3-,4+,5-,6?/m.1/s1. The molecule has 0 aliphatic carbocycles. The van der Waals surface area contributed by atoms with Gasteiger partial charge in [0.25, 0.3) is 0 Å². The molecule has 0 spiro atoms. The number of likely N-dealkylation sites (N-methyl/N-ethyl adjacent to an activating group) is 1. The molecule has 1 aliphatic heterocycles. The van der Waals surface area contributed by atoms with Crippen LogP contribution in [0.5, 0.6) is 0 Å². The number of hydrogen-bond donors (Lipinski definition) is 6. The predicted octanol–water partition coefficient (Wildman–Crippen LogP) is -0.604. The minimum absolute atomic E-state index is 0.262. The number of anilines is 1. The molecule has 1 unspecified atom stereocenters. The SMILES string of the molecule is CCCCNc1ccc(C(=O)OCCN(C)C)cc1.OC[C@H]1OC(O)[C@H](O)[C@@H](O)[C@@H]1O. The maximum absolute atomic E-state index is 11.7. The van der Waals surface area contributed by atoms with E-state index in [0.717, 1.165) is 25.2 Å². The van der Waals surface area contributed by atoms with Crippen LogP contribution in [-0.4, -0.2) is 108 Å². The van der Waals surface area contributed by atoms with E-state index in [2.05, 4.69) is 17.0 Å². The summed E-state index contributed by atoms with van der Waals surface area (Å²) in [6.45, 7) is 3.75. The summed E-state index contributed by atoms with van der Waals surface area (Å²) in [5.74, 6) is -0.262. The van der Waals surface area contributed by atoms with Crippen molar-refractivity contribution < 1.29 is 39.8 Å². The first kappa shape index (κ1) is 27.2. The fourth-order valence-corrected chi connectivity index (χ4v) is 2.62. The third-order valence-electron chi connectivity index (χ3n) is 4.62. The average molecular weight is 445 g/mol. The van der Waals surface area contributed by atoms with Gasteiger partial charge in [-0.2, -0.15) is 0 Å². The minimum atomic E-state index is -1.57. The van der Waals surface area contributed by atoms with Gasteiger partial charge in [0.2, 0.25) is 0 Å². The molecule has 0 amide bonds. The van der Waals surface area contributed by atoms with Crippen LogP contribution in [-0.2, 0) is 9.47 Å². The van der Waals surface area contributed by atoms with Crippen molar-refractivity contribution in [2.24, 2.45) is 0 Å². The van der Waals surface area contributed by atoms with Crippen LogP contribution < -0.4 is 5.32 Å². The number of ether oxygens (including phenoxy) is 2. The first-order valence-corrected chi connectivity index (χ1v) is 10.4. The van der Waals surface area contributed by atoms with Crippen molar-refractivity contribution >= 4 is 11.7 Å². The Morgan fingerprint density at radius 2 is 1.74 bits per heavy atom. The first-order chi connectivity index (χ1) is 14.7. The third kappa shape index (κ3) is 9.48. The predicted molar refractivity (Wildman–Crippen MR) is 115 cm³/mol. The number of nitrogens with one attached hydrogen (secondary N) is 1. The van der Waals surface area contributed by atoms with E-state index < -0.39 is 37.3 Å². The van der Waals surface area contributed by atoms with E-state index in [-0.39, 0.29) is 5.97 Å². The summed E-state index contributed by atoms with van der Waals surface area (Å²) >= 11 is 0. The Bertz CT molecular complexity index is 624. The Labute approximate surface area is 183 Å². The molecule has 1 saturated heterocycles. The molecule has 1 aromatic carbocycles. The Kier molecular flexibility index (Phi) is 12.6. The lowest BCUT2D eigenvalue weighted by Gasteiger charge is -2.37. The lowest BCUT2D eigenvalue weighted by atomic mass is 10.00. The zero-order valence-corrected chi connectivity index (χ0v) is 18.3. The van der Waals surface area contributed by atoms with Crippen LogP contribution in [0.1, 0.15) is 30.1 Å². The number of carbonyl (C=O) groups is 1. The van der Waals surface area contributed by atoms with Crippen LogP contribution in [0.25, 0.3) is 0 Å². The van der Waals surface area contributed by atoms with E-state index in [4.69, 9.17) is 30.3 Å². The van der Waals surface area contributed by atoms with Crippen molar-refractivity contribution in [3.8, 4) is 0 Å². The minimum Gasteiger partial charge on any atom is -0.461 e. The van der Waals surface area contributed by atoms with Crippen LogP contribution in [0.3, 0.4) is 0 Å². The van der Waals surface area contributed by atoms with Crippen molar-refractivity contribution in [2.75, 3.05) is 45.7 Å². The molecular weight excluding hydrogens is 408 g/mol. The zero-order valence-electron chi connectivity index (χ0n) is 18.3. The number of carbonyl (C=O) groups excluding carboxylic acids is 1. The van der Waals surface area contributed by atoms with Gasteiger partial charge in [0, 0.05) is 18.8 Å². The summed E-state index contributed by atoms with van der Waals surface area (Å²) in [5.41, 5.74) is 1.64. The van der Waals surface area contributed by atoms with Gasteiger partial charge >= 0.3 is 5.97 Å². The van der Waals surface area contributed by atoms with E-state index in [0.29, 0.717) is 12.2 Å². The summed E-state index contributed by atoms with van der Waals surface area (Å²) in [4.78, 5) is 13.7. The summed E-state index contributed by atoms with van der Waals surface area (Å²) < 4.78 is 9.75. The first-order valence-electron chi connectivity index (χ1n) is 10.4. The topological polar surface area (TPSA) is 152 Å². The van der Waals surface area contributed by atoms with Gasteiger partial charge in [0.15, 0.2) is 6.29 Å². The van der Waals surface area contributed by atoms with Gasteiger partial charge in [0.1, 0.15) is 31.0 Å². The lowest BCUT2D eigenvalue weighted by Crippen LogP contribution is -2.58. The van der Waals surface area contributed by atoms with Crippen molar-refractivity contribution in [3.63, 3.8) is 0 Å². The second-order valence-corrected chi connectivity index (χ2v) is 7.52. The molecule has 0 radical (unpaired) electrons. The molecule has 1 fully saturated rings. The van der Waals surface area contributed by atoms with Crippen LogP contribution in [0, 0.1) is 0 Å². The molecule has 31 heavy (non-hydrogen) atoms. The van der Waals surface area contributed by atoms with Gasteiger partial charge in [-0.05, 0) is 44.8 Å². The highest BCUT2D eigenvalue weighted by Crippen LogP contribution is 2.19. The van der Waals surface area contributed by atoms with Crippen LogP contribution in [0.2, 0.25) is 0 Å². The van der Waals surface area contributed by atoms with Crippen molar-refractivity contribution in [3.05, 3.63) is 29.8 Å². The van der Waals surface area contributed by atoms with E-state index >= 15 is 0 Å². The Morgan fingerprint density at radius 1 is 1.10 bits per heavy atom. The summed E-state index contributed by atoms with van der Waals surface area (Å²) in [6, 6.07) is 7.43. The molecule has 2 rings (SSSR count). The van der Waals surface area contributed by atoms with Gasteiger partial charge in [-0.1, -0.05) is 13.3 Å².